The summed E-state index contributed by atoms with van der Waals surface area (Å²) in [6.07, 6.45) is 0.923. The molecule has 3 aliphatic heterocycles. The average molecular weight is 384 g/mol. The lowest BCUT2D eigenvalue weighted by atomic mass is 9.95. The van der Waals surface area contributed by atoms with Crippen LogP contribution in [0.25, 0.3) is 0 Å². The number of urea groups is 1. The third kappa shape index (κ3) is 3.64. The highest BCUT2D eigenvalue weighted by Crippen LogP contribution is 2.35. The zero-order valence-corrected chi connectivity index (χ0v) is 16.6. The summed E-state index contributed by atoms with van der Waals surface area (Å²) in [7, 11) is 1.74. The van der Waals surface area contributed by atoms with Crippen molar-refractivity contribution in [1.82, 2.24) is 20.0 Å². The molecule has 4 rings (SSSR count). The van der Waals surface area contributed by atoms with Crippen LogP contribution in [0, 0.1) is 6.92 Å². The van der Waals surface area contributed by atoms with Crippen molar-refractivity contribution in [1.29, 1.82) is 0 Å². The van der Waals surface area contributed by atoms with Crippen molar-refractivity contribution < 1.29 is 14.3 Å². The largest absolute Gasteiger partial charge is 0.379 e. The molecule has 0 spiro atoms. The van der Waals surface area contributed by atoms with E-state index in [9.17, 15) is 9.59 Å². The van der Waals surface area contributed by atoms with E-state index >= 15 is 0 Å². The third-order valence-corrected chi connectivity index (χ3v) is 5.85. The Kier molecular flexibility index (Phi) is 5.37. The number of nitrogens with zero attached hydrogens (tertiary/aromatic N) is 3. The van der Waals surface area contributed by atoms with Crippen molar-refractivity contribution in [2.75, 3.05) is 53.0 Å². The van der Waals surface area contributed by atoms with Crippen LogP contribution in [0.15, 0.2) is 35.5 Å². The van der Waals surface area contributed by atoms with Gasteiger partial charge in [0.15, 0.2) is 0 Å². The second-order valence-corrected chi connectivity index (χ2v) is 7.75. The van der Waals surface area contributed by atoms with Crippen LogP contribution in [0.1, 0.15) is 23.6 Å². The van der Waals surface area contributed by atoms with Crippen molar-refractivity contribution in [3.8, 4) is 0 Å². The minimum atomic E-state index is -0.379. The summed E-state index contributed by atoms with van der Waals surface area (Å²) >= 11 is 0. The van der Waals surface area contributed by atoms with E-state index in [1.807, 2.05) is 36.1 Å². The predicted octanol–water partition coefficient (Wildman–Crippen LogP) is 1.51. The normalized spacial score (nSPS) is 23.3. The van der Waals surface area contributed by atoms with Crippen LogP contribution in [0.4, 0.5) is 4.79 Å². The summed E-state index contributed by atoms with van der Waals surface area (Å²) in [5.74, 6) is 0.0365. The van der Waals surface area contributed by atoms with E-state index in [2.05, 4.69) is 10.2 Å². The zero-order chi connectivity index (χ0) is 19.7. The monoisotopic (exact) mass is 384 g/mol. The van der Waals surface area contributed by atoms with Gasteiger partial charge in [-0.15, -0.1) is 0 Å². The molecule has 1 atom stereocenters. The van der Waals surface area contributed by atoms with E-state index in [1.165, 1.54) is 0 Å². The van der Waals surface area contributed by atoms with E-state index < -0.39 is 0 Å². The minimum Gasteiger partial charge on any atom is -0.379 e. The van der Waals surface area contributed by atoms with Crippen LogP contribution in [-0.2, 0) is 9.53 Å². The summed E-state index contributed by atoms with van der Waals surface area (Å²) in [6, 6.07) is 7.47. The number of hydrogen-bond donors (Lipinski definition) is 1. The number of hydrogen-bond acceptors (Lipinski definition) is 4. The van der Waals surface area contributed by atoms with Crippen molar-refractivity contribution in [3.05, 3.63) is 46.7 Å². The first-order chi connectivity index (χ1) is 13.5. The average Bonchev–Trinajstić information content (AvgIpc) is 3.03. The van der Waals surface area contributed by atoms with Crippen molar-refractivity contribution in [2.45, 2.75) is 19.4 Å². The van der Waals surface area contributed by atoms with Crippen LogP contribution < -0.4 is 5.32 Å². The van der Waals surface area contributed by atoms with Crippen LogP contribution in [0.3, 0.4) is 0 Å². The lowest BCUT2D eigenvalue weighted by molar-refractivity contribution is -0.125. The maximum absolute atomic E-state index is 13.2. The number of nitrogens with one attached hydrogen (secondary N) is 1. The molecule has 0 bridgehead atoms. The Morgan fingerprint density at radius 3 is 2.54 bits per heavy atom. The Morgan fingerprint density at radius 2 is 1.82 bits per heavy atom. The first-order valence-corrected chi connectivity index (χ1v) is 9.98. The molecule has 28 heavy (non-hydrogen) atoms. The molecule has 1 fully saturated rings. The third-order valence-electron chi connectivity index (χ3n) is 5.85. The van der Waals surface area contributed by atoms with Gasteiger partial charge < -0.3 is 15.0 Å². The summed E-state index contributed by atoms with van der Waals surface area (Å²) in [4.78, 5) is 31.5. The van der Waals surface area contributed by atoms with E-state index in [-0.39, 0.29) is 18.0 Å². The highest BCUT2D eigenvalue weighted by molar-refractivity contribution is 6.01. The lowest BCUT2D eigenvalue weighted by Crippen LogP contribution is -2.45. The van der Waals surface area contributed by atoms with Crippen LogP contribution in [0.2, 0.25) is 0 Å². The predicted molar refractivity (Wildman–Crippen MR) is 106 cm³/mol. The highest BCUT2D eigenvalue weighted by atomic mass is 16.5. The molecule has 3 heterocycles. The second kappa shape index (κ2) is 7.93. The Balaban J connectivity index is 1.47. The molecule has 1 aromatic carbocycles. The van der Waals surface area contributed by atoms with Gasteiger partial charge in [-0.25, -0.2) is 4.79 Å². The Hall–Kier alpha value is -2.38. The van der Waals surface area contributed by atoms with Crippen LogP contribution in [-0.4, -0.2) is 79.6 Å². The number of likely N-dealkylation sites (N-methyl/N-ethyl adjacent to an activating group) is 1. The highest BCUT2D eigenvalue weighted by Gasteiger charge is 2.42. The summed E-state index contributed by atoms with van der Waals surface area (Å²) in [6.45, 7) is 7.68. The number of benzene rings is 1. The molecular formula is C21H28N4O3. The van der Waals surface area contributed by atoms with Gasteiger partial charge in [0.2, 0.25) is 0 Å². The first-order valence-electron chi connectivity index (χ1n) is 9.98. The molecule has 0 unspecified atom stereocenters. The van der Waals surface area contributed by atoms with Gasteiger partial charge in [-0.2, -0.15) is 0 Å². The molecule has 0 radical (unpaired) electrons. The first kappa shape index (κ1) is 19.0. The lowest BCUT2D eigenvalue weighted by Gasteiger charge is -2.31. The standard InChI is InChI=1S/C21H28N4O3/c1-15-4-6-16(7-5-15)19-18-17(23(2)21(27)22-19)14-25(20(18)26)9-3-8-24-10-12-28-13-11-24/h4-7,19H,3,8-14H2,1-2H3,(H,22,27)/t19-/m0/s1. The van der Waals surface area contributed by atoms with Crippen LogP contribution >= 0.6 is 0 Å². The minimum absolute atomic E-state index is 0.0365. The summed E-state index contributed by atoms with van der Waals surface area (Å²) in [5.41, 5.74) is 3.63. The molecule has 1 saturated heterocycles. The van der Waals surface area contributed by atoms with E-state index in [4.69, 9.17) is 4.74 Å². The van der Waals surface area contributed by atoms with Gasteiger partial charge in [-0.05, 0) is 18.9 Å². The molecule has 150 valence electrons. The maximum atomic E-state index is 13.2. The Labute approximate surface area is 165 Å². The van der Waals surface area contributed by atoms with Crippen LogP contribution in [0.5, 0.6) is 0 Å². The number of ether oxygens (including phenoxy) is 1. The fourth-order valence-electron chi connectivity index (χ4n) is 4.12. The fraction of sp³-hybridized carbons (Fsp3) is 0.524. The topological polar surface area (TPSA) is 65.1 Å². The number of carbonyl (C=O) groups excluding carboxylic acids is 2. The number of carbonyl (C=O) groups is 2. The van der Waals surface area contributed by atoms with E-state index in [0.29, 0.717) is 18.7 Å². The molecule has 7 nitrogen and oxygen atoms in total. The molecule has 0 aliphatic carbocycles. The van der Waals surface area contributed by atoms with Gasteiger partial charge in [0, 0.05) is 33.2 Å². The number of rotatable bonds is 5. The van der Waals surface area contributed by atoms with Crippen molar-refractivity contribution >= 4 is 11.9 Å². The smallest absolute Gasteiger partial charge is 0.322 e. The van der Waals surface area contributed by atoms with Gasteiger partial charge in [-0.1, -0.05) is 29.8 Å². The number of amides is 3. The maximum Gasteiger partial charge on any atom is 0.322 e. The molecule has 3 aliphatic rings. The van der Waals surface area contributed by atoms with E-state index in [1.54, 1.807) is 11.9 Å². The summed E-state index contributed by atoms with van der Waals surface area (Å²) in [5, 5.41) is 2.99. The van der Waals surface area contributed by atoms with Gasteiger partial charge in [-0.3, -0.25) is 14.6 Å². The van der Waals surface area contributed by atoms with Gasteiger partial charge in [0.1, 0.15) is 0 Å². The second-order valence-electron chi connectivity index (χ2n) is 7.75. The van der Waals surface area contributed by atoms with Gasteiger partial charge >= 0.3 is 6.03 Å². The van der Waals surface area contributed by atoms with Crippen molar-refractivity contribution in [2.24, 2.45) is 0 Å². The van der Waals surface area contributed by atoms with Gasteiger partial charge in [0.25, 0.3) is 5.91 Å². The molecule has 1 aromatic rings. The quantitative estimate of drug-likeness (QED) is 0.836. The zero-order valence-electron chi connectivity index (χ0n) is 16.6. The number of morpholine rings is 1. The number of aryl methyl sites for hydroxylation is 1. The molecule has 1 N–H and O–H groups in total. The Bertz CT molecular complexity index is 783. The fourth-order valence-corrected chi connectivity index (χ4v) is 4.12. The summed E-state index contributed by atoms with van der Waals surface area (Å²) < 4.78 is 5.39. The van der Waals surface area contributed by atoms with E-state index in [0.717, 1.165) is 56.1 Å². The molecule has 3 amide bonds. The molecular weight excluding hydrogens is 356 g/mol. The molecule has 0 aromatic heterocycles. The Morgan fingerprint density at radius 1 is 1.11 bits per heavy atom. The van der Waals surface area contributed by atoms with Crippen molar-refractivity contribution in [3.63, 3.8) is 0 Å². The molecule has 0 saturated carbocycles. The SMILES string of the molecule is Cc1ccc([C@@H]2NC(=O)N(C)C3=C2C(=O)N(CCCN2CCOCC2)C3)cc1. The molecule has 7 heteroatoms. The van der Waals surface area contributed by atoms with Gasteiger partial charge in [0.05, 0.1) is 37.1 Å².